The average Bonchev–Trinajstić information content (AvgIpc) is 2.65. The zero-order valence-corrected chi connectivity index (χ0v) is 13.7. The zero-order valence-electron chi connectivity index (χ0n) is 13.7. The van der Waals surface area contributed by atoms with Gasteiger partial charge in [0.05, 0.1) is 12.3 Å². The molecule has 1 aliphatic heterocycles. The van der Waals surface area contributed by atoms with Gasteiger partial charge in [0, 0.05) is 31.2 Å². The van der Waals surface area contributed by atoms with Crippen molar-refractivity contribution in [2.75, 3.05) is 25.6 Å². The number of rotatable bonds is 6. The number of aromatic nitrogens is 2. The van der Waals surface area contributed by atoms with Crippen LogP contribution in [-0.4, -0.2) is 35.1 Å². The number of nitrogens with zero attached hydrogens (tertiary/aromatic N) is 2. The molecule has 6 heteroatoms. The Morgan fingerprint density at radius 1 is 1.12 bits per heavy atom. The topological polar surface area (TPSA) is 93.3 Å². The third kappa shape index (κ3) is 3.72. The zero-order chi connectivity index (χ0) is 16.8. The molecule has 0 amide bonds. The van der Waals surface area contributed by atoms with E-state index in [9.17, 15) is 5.11 Å². The van der Waals surface area contributed by atoms with Crippen molar-refractivity contribution in [2.24, 2.45) is 5.41 Å². The average molecular weight is 328 g/mol. The summed E-state index contributed by atoms with van der Waals surface area (Å²) in [6.45, 7) is 2.03. The lowest BCUT2D eigenvalue weighted by Gasteiger charge is -2.43. The molecule has 2 aromatic rings. The fourth-order valence-electron chi connectivity index (χ4n) is 3.32. The Morgan fingerprint density at radius 3 is 2.50 bits per heavy atom. The lowest BCUT2D eigenvalue weighted by molar-refractivity contribution is -0.0387. The smallest absolute Gasteiger partial charge is 0.146 e. The Kier molecular flexibility index (Phi) is 5.40. The molecule has 0 bridgehead atoms. The predicted molar refractivity (Wildman–Crippen MR) is 92.0 cm³/mol. The Balaban J connectivity index is 1.83. The Bertz CT molecular complexity index is 627. The minimum absolute atomic E-state index is 0.0203. The minimum Gasteiger partial charge on any atom is -0.396 e. The summed E-state index contributed by atoms with van der Waals surface area (Å²) in [5, 5.41) is 21.8. The van der Waals surface area contributed by atoms with Gasteiger partial charge in [0.1, 0.15) is 5.82 Å². The van der Waals surface area contributed by atoms with Crippen molar-refractivity contribution < 1.29 is 9.84 Å². The van der Waals surface area contributed by atoms with E-state index in [1.54, 1.807) is 6.07 Å². The molecular weight excluding hydrogens is 304 g/mol. The molecule has 0 spiro atoms. The van der Waals surface area contributed by atoms with Gasteiger partial charge in [-0.3, -0.25) is 0 Å². The first-order valence-corrected chi connectivity index (χ1v) is 8.28. The summed E-state index contributed by atoms with van der Waals surface area (Å²) in [5.74, 6) is 0.412. The molecule has 0 aliphatic carbocycles. The summed E-state index contributed by atoms with van der Waals surface area (Å²) in [5.41, 5.74) is 7.35. The first kappa shape index (κ1) is 16.8. The predicted octanol–water partition coefficient (Wildman–Crippen LogP) is 1.68. The van der Waals surface area contributed by atoms with Crippen LogP contribution in [0.5, 0.6) is 0 Å². The van der Waals surface area contributed by atoms with Crippen molar-refractivity contribution in [3.8, 4) is 0 Å². The molecule has 4 N–H and O–H groups in total. The normalized spacial score (nSPS) is 18.2. The number of benzene rings is 1. The van der Waals surface area contributed by atoms with Crippen LogP contribution in [0.2, 0.25) is 0 Å². The monoisotopic (exact) mass is 328 g/mol. The number of aliphatic hydroxyl groups excluding tert-OH is 1. The van der Waals surface area contributed by atoms with Gasteiger partial charge in [0.15, 0.2) is 0 Å². The summed E-state index contributed by atoms with van der Waals surface area (Å²) in [6.07, 6.45) is 1.65. The maximum absolute atomic E-state index is 10.2. The highest BCUT2D eigenvalue weighted by Gasteiger charge is 2.40. The number of ether oxygens (including phenoxy) is 1. The van der Waals surface area contributed by atoms with Gasteiger partial charge in [-0.05, 0) is 30.5 Å². The van der Waals surface area contributed by atoms with Gasteiger partial charge in [0.25, 0.3) is 0 Å². The molecule has 1 atom stereocenters. The van der Waals surface area contributed by atoms with E-state index in [1.165, 1.54) is 0 Å². The molecule has 1 aliphatic rings. The summed E-state index contributed by atoms with van der Waals surface area (Å²) >= 11 is 0. The lowest BCUT2D eigenvalue weighted by atomic mass is 9.72. The summed E-state index contributed by atoms with van der Waals surface area (Å²) < 4.78 is 5.51. The van der Waals surface area contributed by atoms with Crippen LogP contribution in [0.15, 0.2) is 42.5 Å². The summed E-state index contributed by atoms with van der Waals surface area (Å²) in [7, 11) is 0. The van der Waals surface area contributed by atoms with E-state index in [2.05, 4.69) is 27.6 Å². The third-order valence-corrected chi connectivity index (χ3v) is 4.78. The summed E-state index contributed by atoms with van der Waals surface area (Å²) in [6, 6.07) is 13.9. The van der Waals surface area contributed by atoms with Crippen molar-refractivity contribution in [1.82, 2.24) is 15.5 Å². The molecule has 0 radical (unpaired) electrons. The van der Waals surface area contributed by atoms with E-state index in [0.717, 1.165) is 24.1 Å². The van der Waals surface area contributed by atoms with Gasteiger partial charge in [0.2, 0.25) is 0 Å². The third-order valence-electron chi connectivity index (χ3n) is 4.78. The van der Waals surface area contributed by atoms with Crippen LogP contribution in [-0.2, 0) is 11.3 Å². The van der Waals surface area contributed by atoms with E-state index < -0.39 is 0 Å². The van der Waals surface area contributed by atoms with Crippen LogP contribution >= 0.6 is 0 Å². The van der Waals surface area contributed by atoms with Crippen LogP contribution in [0.1, 0.15) is 30.1 Å². The van der Waals surface area contributed by atoms with E-state index in [0.29, 0.717) is 25.6 Å². The van der Waals surface area contributed by atoms with Crippen molar-refractivity contribution in [2.45, 2.75) is 25.4 Å². The Labute approximate surface area is 142 Å². The van der Waals surface area contributed by atoms with E-state index in [-0.39, 0.29) is 18.1 Å². The quantitative estimate of drug-likeness (QED) is 0.747. The van der Waals surface area contributed by atoms with Gasteiger partial charge in [-0.1, -0.05) is 30.3 Å². The van der Waals surface area contributed by atoms with Gasteiger partial charge in [-0.25, -0.2) is 0 Å². The number of nitrogen functional groups attached to an aromatic ring is 1. The van der Waals surface area contributed by atoms with Gasteiger partial charge in [-0.2, -0.15) is 5.10 Å². The Hall–Kier alpha value is -2.02. The largest absolute Gasteiger partial charge is 0.396 e. The maximum Gasteiger partial charge on any atom is 0.146 e. The highest BCUT2D eigenvalue weighted by atomic mass is 16.5. The second-order valence-corrected chi connectivity index (χ2v) is 6.31. The molecule has 1 aromatic carbocycles. The molecule has 128 valence electrons. The maximum atomic E-state index is 10.2. The molecular formula is C18H24N4O2. The highest BCUT2D eigenvalue weighted by Crippen LogP contribution is 2.42. The summed E-state index contributed by atoms with van der Waals surface area (Å²) in [4.78, 5) is 0. The van der Waals surface area contributed by atoms with Crippen molar-refractivity contribution in [3.63, 3.8) is 0 Å². The van der Waals surface area contributed by atoms with E-state index in [4.69, 9.17) is 10.5 Å². The first-order chi connectivity index (χ1) is 11.7. The van der Waals surface area contributed by atoms with Crippen molar-refractivity contribution >= 4 is 5.82 Å². The van der Waals surface area contributed by atoms with Crippen molar-refractivity contribution in [3.05, 3.63) is 53.7 Å². The standard InChI is InChI=1S/C18H24N4O2/c19-16-7-6-15(21-22-16)12-20-17(14-4-2-1-3-5-14)18(13-23)8-10-24-11-9-18/h1-7,17,20,23H,8-13H2,(H2,19,22). The molecule has 3 rings (SSSR count). The number of hydrogen-bond donors (Lipinski definition) is 3. The highest BCUT2D eigenvalue weighted by molar-refractivity contribution is 5.26. The Morgan fingerprint density at radius 2 is 1.88 bits per heavy atom. The lowest BCUT2D eigenvalue weighted by Crippen LogP contribution is -2.44. The molecule has 0 saturated carbocycles. The molecule has 24 heavy (non-hydrogen) atoms. The van der Waals surface area contributed by atoms with E-state index >= 15 is 0 Å². The minimum atomic E-state index is -0.235. The van der Waals surface area contributed by atoms with Crippen LogP contribution in [0.25, 0.3) is 0 Å². The van der Waals surface area contributed by atoms with Crippen LogP contribution in [0, 0.1) is 5.41 Å². The van der Waals surface area contributed by atoms with Gasteiger partial charge in [-0.15, -0.1) is 5.10 Å². The van der Waals surface area contributed by atoms with Gasteiger partial charge >= 0.3 is 0 Å². The van der Waals surface area contributed by atoms with Crippen LogP contribution in [0.3, 0.4) is 0 Å². The molecule has 6 nitrogen and oxygen atoms in total. The fraction of sp³-hybridized carbons (Fsp3) is 0.444. The molecule has 1 aromatic heterocycles. The van der Waals surface area contributed by atoms with Crippen LogP contribution < -0.4 is 11.1 Å². The number of hydrogen-bond acceptors (Lipinski definition) is 6. The molecule has 2 heterocycles. The second kappa shape index (κ2) is 7.70. The van der Waals surface area contributed by atoms with Crippen LogP contribution in [0.4, 0.5) is 5.82 Å². The first-order valence-electron chi connectivity index (χ1n) is 8.28. The number of aliphatic hydroxyl groups is 1. The SMILES string of the molecule is Nc1ccc(CNC(c2ccccc2)C2(CO)CCOCC2)nn1. The molecule has 1 unspecified atom stereocenters. The van der Waals surface area contributed by atoms with E-state index in [1.807, 2.05) is 24.3 Å². The van der Waals surface area contributed by atoms with Crippen molar-refractivity contribution in [1.29, 1.82) is 0 Å². The number of nitrogens with two attached hydrogens (primary N) is 1. The fourth-order valence-corrected chi connectivity index (χ4v) is 3.32. The van der Waals surface area contributed by atoms with Gasteiger partial charge < -0.3 is 20.9 Å². The number of anilines is 1. The molecule has 1 saturated heterocycles. The molecule has 1 fully saturated rings. The number of nitrogens with one attached hydrogen (secondary N) is 1. The second-order valence-electron chi connectivity index (χ2n) is 6.31.